The molecule has 0 saturated carbocycles. The summed E-state index contributed by atoms with van der Waals surface area (Å²) in [4.78, 5) is 7.65. The van der Waals surface area contributed by atoms with Gasteiger partial charge in [0.15, 0.2) is 5.75 Å². The van der Waals surface area contributed by atoms with E-state index in [-0.39, 0.29) is 5.95 Å². The lowest BCUT2D eigenvalue weighted by molar-refractivity contribution is 0.198. The molecule has 2 heterocycles. The van der Waals surface area contributed by atoms with Crippen LogP contribution >= 0.6 is 0 Å². The minimum absolute atomic E-state index is 0.276. The van der Waals surface area contributed by atoms with Crippen LogP contribution in [0.15, 0.2) is 12.4 Å². The number of anilines is 1. The fourth-order valence-corrected chi connectivity index (χ4v) is 1.08. The Balaban J connectivity index is 1.83. The van der Waals surface area contributed by atoms with Crippen LogP contribution in [-0.2, 0) is 0 Å². The Morgan fingerprint density at radius 2 is 2.15 bits per heavy atom. The Bertz CT molecular complexity index is 270. The van der Waals surface area contributed by atoms with E-state index in [9.17, 15) is 0 Å². The van der Waals surface area contributed by atoms with Gasteiger partial charge in [0.2, 0.25) is 5.95 Å². The molecule has 2 rings (SSSR count). The molecule has 5 heteroatoms. The van der Waals surface area contributed by atoms with E-state index in [1.54, 1.807) is 12.4 Å². The molecule has 0 spiro atoms. The highest BCUT2D eigenvalue weighted by Gasteiger charge is 2.16. The molecule has 1 fully saturated rings. The molecule has 0 aliphatic carbocycles. The van der Waals surface area contributed by atoms with E-state index in [1.807, 2.05) is 0 Å². The first kappa shape index (κ1) is 8.25. The standard InChI is InChI=1S/C8H12N4O/c9-8-11-3-7(4-12-8)13-5-6-1-10-2-6/h3-4,6,10H,1-2,5H2,(H2,9,11,12). The van der Waals surface area contributed by atoms with Gasteiger partial charge in [0.25, 0.3) is 0 Å². The number of rotatable bonds is 3. The maximum atomic E-state index is 5.44. The predicted molar refractivity (Wildman–Crippen MR) is 48.3 cm³/mol. The SMILES string of the molecule is Nc1ncc(OCC2CNC2)cn1. The van der Waals surface area contributed by atoms with Gasteiger partial charge in [0, 0.05) is 19.0 Å². The highest BCUT2D eigenvalue weighted by atomic mass is 16.5. The number of nitrogens with two attached hydrogens (primary N) is 1. The number of aromatic nitrogens is 2. The summed E-state index contributed by atoms with van der Waals surface area (Å²) >= 11 is 0. The number of hydrogen-bond donors (Lipinski definition) is 2. The average molecular weight is 180 g/mol. The van der Waals surface area contributed by atoms with Gasteiger partial charge in [-0.25, -0.2) is 9.97 Å². The zero-order chi connectivity index (χ0) is 9.10. The molecule has 0 radical (unpaired) electrons. The molecule has 1 saturated heterocycles. The third-order valence-corrected chi connectivity index (χ3v) is 2.00. The Morgan fingerprint density at radius 1 is 1.46 bits per heavy atom. The van der Waals surface area contributed by atoms with E-state index < -0.39 is 0 Å². The van der Waals surface area contributed by atoms with E-state index in [0.717, 1.165) is 19.7 Å². The fourth-order valence-electron chi connectivity index (χ4n) is 1.08. The first-order valence-corrected chi connectivity index (χ1v) is 4.25. The van der Waals surface area contributed by atoms with Gasteiger partial charge in [-0.1, -0.05) is 0 Å². The third-order valence-electron chi connectivity index (χ3n) is 2.00. The normalized spacial score (nSPS) is 16.6. The van der Waals surface area contributed by atoms with Crippen molar-refractivity contribution in [2.24, 2.45) is 5.92 Å². The minimum atomic E-state index is 0.276. The quantitative estimate of drug-likeness (QED) is 0.665. The van der Waals surface area contributed by atoms with E-state index in [2.05, 4.69) is 15.3 Å². The molecule has 1 aliphatic rings. The number of ether oxygens (including phenoxy) is 1. The molecule has 3 N–H and O–H groups in total. The Morgan fingerprint density at radius 3 is 2.69 bits per heavy atom. The average Bonchev–Trinajstić information content (AvgIpc) is 2.05. The molecule has 1 aromatic rings. The summed E-state index contributed by atoms with van der Waals surface area (Å²) in [5.74, 6) is 1.58. The maximum absolute atomic E-state index is 5.44. The molecule has 13 heavy (non-hydrogen) atoms. The number of hydrogen-bond acceptors (Lipinski definition) is 5. The monoisotopic (exact) mass is 180 g/mol. The van der Waals surface area contributed by atoms with Crippen molar-refractivity contribution in [3.05, 3.63) is 12.4 Å². The van der Waals surface area contributed by atoms with Crippen LogP contribution in [0.2, 0.25) is 0 Å². The van der Waals surface area contributed by atoms with Crippen LogP contribution in [-0.4, -0.2) is 29.7 Å². The van der Waals surface area contributed by atoms with Crippen LogP contribution in [0.3, 0.4) is 0 Å². The highest BCUT2D eigenvalue weighted by molar-refractivity contribution is 5.21. The minimum Gasteiger partial charge on any atom is -0.490 e. The van der Waals surface area contributed by atoms with Crippen molar-refractivity contribution in [1.29, 1.82) is 0 Å². The second-order valence-corrected chi connectivity index (χ2v) is 3.11. The molecule has 1 aromatic heterocycles. The first-order chi connectivity index (χ1) is 6.34. The van der Waals surface area contributed by atoms with Crippen molar-refractivity contribution in [2.45, 2.75) is 0 Å². The summed E-state index contributed by atoms with van der Waals surface area (Å²) in [6.07, 6.45) is 3.18. The van der Waals surface area contributed by atoms with Gasteiger partial charge < -0.3 is 15.8 Å². The topological polar surface area (TPSA) is 73.1 Å². The van der Waals surface area contributed by atoms with Crippen molar-refractivity contribution in [3.63, 3.8) is 0 Å². The largest absolute Gasteiger partial charge is 0.490 e. The number of nitrogen functional groups attached to an aromatic ring is 1. The van der Waals surface area contributed by atoms with E-state index in [1.165, 1.54) is 0 Å². The molecule has 70 valence electrons. The Hall–Kier alpha value is -1.36. The molecular formula is C8H12N4O. The molecule has 0 bridgehead atoms. The lowest BCUT2D eigenvalue weighted by atomic mass is 10.1. The van der Waals surface area contributed by atoms with Crippen LogP contribution in [0.1, 0.15) is 0 Å². The van der Waals surface area contributed by atoms with Gasteiger partial charge in [-0.2, -0.15) is 0 Å². The molecular weight excluding hydrogens is 168 g/mol. The molecule has 1 aliphatic heterocycles. The molecule has 5 nitrogen and oxygen atoms in total. The first-order valence-electron chi connectivity index (χ1n) is 4.25. The predicted octanol–water partition coefficient (Wildman–Crippen LogP) is -0.343. The van der Waals surface area contributed by atoms with Gasteiger partial charge in [-0.3, -0.25) is 0 Å². The van der Waals surface area contributed by atoms with Crippen LogP contribution < -0.4 is 15.8 Å². The number of nitrogens with zero attached hydrogens (tertiary/aromatic N) is 2. The van der Waals surface area contributed by atoms with Gasteiger partial charge in [0.05, 0.1) is 19.0 Å². The van der Waals surface area contributed by atoms with E-state index in [0.29, 0.717) is 11.7 Å². The van der Waals surface area contributed by atoms with Crippen molar-refractivity contribution in [3.8, 4) is 5.75 Å². The van der Waals surface area contributed by atoms with Crippen molar-refractivity contribution >= 4 is 5.95 Å². The van der Waals surface area contributed by atoms with E-state index in [4.69, 9.17) is 10.5 Å². The van der Waals surface area contributed by atoms with Crippen molar-refractivity contribution in [2.75, 3.05) is 25.4 Å². The molecule has 0 amide bonds. The van der Waals surface area contributed by atoms with Gasteiger partial charge in [-0.05, 0) is 0 Å². The second-order valence-electron chi connectivity index (χ2n) is 3.11. The second kappa shape index (κ2) is 3.57. The zero-order valence-electron chi connectivity index (χ0n) is 7.23. The lowest BCUT2D eigenvalue weighted by Gasteiger charge is -2.26. The van der Waals surface area contributed by atoms with Crippen LogP contribution in [0.4, 0.5) is 5.95 Å². The Labute approximate surface area is 76.3 Å². The van der Waals surface area contributed by atoms with Gasteiger partial charge in [-0.15, -0.1) is 0 Å². The van der Waals surface area contributed by atoms with Crippen molar-refractivity contribution in [1.82, 2.24) is 15.3 Å². The Kier molecular flexibility index (Phi) is 2.27. The van der Waals surface area contributed by atoms with Gasteiger partial charge >= 0.3 is 0 Å². The smallest absolute Gasteiger partial charge is 0.220 e. The zero-order valence-corrected chi connectivity index (χ0v) is 7.23. The summed E-state index contributed by atoms with van der Waals surface area (Å²) in [6.45, 7) is 2.80. The summed E-state index contributed by atoms with van der Waals surface area (Å²) in [5.41, 5.74) is 5.33. The summed E-state index contributed by atoms with van der Waals surface area (Å²) < 4.78 is 5.44. The molecule has 0 aromatic carbocycles. The van der Waals surface area contributed by atoms with Crippen molar-refractivity contribution < 1.29 is 4.74 Å². The van der Waals surface area contributed by atoms with Gasteiger partial charge in [0.1, 0.15) is 0 Å². The lowest BCUT2D eigenvalue weighted by Crippen LogP contribution is -2.45. The summed E-state index contributed by atoms with van der Waals surface area (Å²) in [6, 6.07) is 0. The molecule has 0 unspecified atom stereocenters. The maximum Gasteiger partial charge on any atom is 0.220 e. The third kappa shape index (κ3) is 2.06. The summed E-state index contributed by atoms with van der Waals surface area (Å²) in [5, 5.41) is 3.18. The van der Waals surface area contributed by atoms with Crippen LogP contribution in [0.25, 0.3) is 0 Å². The van der Waals surface area contributed by atoms with E-state index >= 15 is 0 Å². The summed E-state index contributed by atoms with van der Waals surface area (Å²) in [7, 11) is 0. The fraction of sp³-hybridized carbons (Fsp3) is 0.500. The van der Waals surface area contributed by atoms with Crippen LogP contribution in [0, 0.1) is 5.92 Å². The number of nitrogens with one attached hydrogen (secondary N) is 1. The molecule has 0 atom stereocenters. The van der Waals surface area contributed by atoms with Crippen LogP contribution in [0.5, 0.6) is 5.75 Å². The highest BCUT2D eigenvalue weighted by Crippen LogP contribution is 2.10.